The molecule has 5 aliphatic rings. The lowest BCUT2D eigenvalue weighted by atomic mass is 9.70. The summed E-state index contributed by atoms with van der Waals surface area (Å²) in [5.41, 5.74) is 23.0. The van der Waals surface area contributed by atoms with Gasteiger partial charge in [-0.25, -0.2) is 0 Å². The van der Waals surface area contributed by atoms with Crippen LogP contribution in [0.1, 0.15) is 134 Å². The first-order chi connectivity index (χ1) is 31.0. The van der Waals surface area contributed by atoms with Gasteiger partial charge in [0.25, 0.3) is 0 Å². The molecule has 308 valence electrons. The lowest BCUT2D eigenvalue weighted by molar-refractivity contribution is 0.443. The zero-order valence-electron chi connectivity index (χ0n) is 36.8. The number of benzene rings is 8. The normalized spacial score (nSPS) is 17.8. The van der Waals surface area contributed by atoms with E-state index >= 15 is 0 Å². The summed E-state index contributed by atoms with van der Waals surface area (Å²) in [6.07, 6.45) is 13.2. The summed E-state index contributed by atoms with van der Waals surface area (Å²) in [7, 11) is 0. The SMILES string of the molecule is CC1(C)c2cc(C3CCCCC3)ccc2-c2ccc(N(c3ccc4c(c3)C3(c5ccccc5-c5ccccc53)c3ccccc3-4)c3c(C4CCCCC4)ccc4ccccc34)cc21. The Morgan fingerprint density at radius 3 is 1.49 bits per heavy atom. The molecule has 1 nitrogen and oxygen atoms in total. The monoisotopic (exact) mass is 813 g/mol. The summed E-state index contributed by atoms with van der Waals surface area (Å²) in [6.45, 7) is 4.96. The fourth-order valence-corrected chi connectivity index (χ4v) is 13.5. The van der Waals surface area contributed by atoms with E-state index in [0.29, 0.717) is 11.8 Å². The molecule has 1 heteroatoms. The van der Waals surface area contributed by atoms with Crippen LogP contribution in [0.5, 0.6) is 0 Å². The summed E-state index contributed by atoms with van der Waals surface area (Å²) in [6, 6.07) is 64.2. The molecule has 0 aliphatic heterocycles. The number of hydrogen-bond acceptors (Lipinski definition) is 1. The minimum Gasteiger partial charge on any atom is -0.310 e. The Bertz CT molecular complexity index is 3070. The van der Waals surface area contributed by atoms with Crippen molar-refractivity contribution >= 4 is 27.8 Å². The van der Waals surface area contributed by atoms with Crippen molar-refractivity contribution in [2.75, 3.05) is 4.90 Å². The Morgan fingerprint density at radius 2 is 0.873 bits per heavy atom. The maximum atomic E-state index is 2.70. The van der Waals surface area contributed by atoms with Gasteiger partial charge in [-0.15, -0.1) is 0 Å². The van der Waals surface area contributed by atoms with Gasteiger partial charge in [0.05, 0.1) is 11.1 Å². The maximum Gasteiger partial charge on any atom is 0.0726 e. The Hall–Kier alpha value is -6.18. The van der Waals surface area contributed by atoms with Gasteiger partial charge < -0.3 is 4.90 Å². The molecule has 63 heavy (non-hydrogen) atoms. The van der Waals surface area contributed by atoms with Crippen molar-refractivity contribution in [1.82, 2.24) is 0 Å². The van der Waals surface area contributed by atoms with Gasteiger partial charge in [0.15, 0.2) is 0 Å². The van der Waals surface area contributed by atoms with Crippen molar-refractivity contribution in [1.29, 1.82) is 0 Å². The summed E-state index contributed by atoms with van der Waals surface area (Å²) >= 11 is 0. The average molecular weight is 814 g/mol. The zero-order valence-corrected chi connectivity index (χ0v) is 36.8. The van der Waals surface area contributed by atoms with E-state index in [-0.39, 0.29) is 5.41 Å². The lowest BCUT2D eigenvalue weighted by Gasteiger charge is -2.35. The van der Waals surface area contributed by atoms with Crippen LogP contribution in [0, 0.1) is 0 Å². The zero-order chi connectivity index (χ0) is 41.9. The standard InChI is InChI=1S/C62H55N/c1-61(2)57-37-43(40-17-5-3-6-18-40)30-34-51(57)52-35-31-44(38-58(52)61)63(60-46-22-10-9-21-42(46)29-33-47(60)41-19-7-4-8-20-41)45-32-36-53-50-25-13-16-28-56(50)62(59(53)39-45)54-26-14-11-23-48(54)49-24-12-15-27-55(49)62/h9-16,21-41H,3-8,17-20H2,1-2H3. The van der Waals surface area contributed by atoms with Crippen molar-refractivity contribution < 1.29 is 0 Å². The molecule has 0 amide bonds. The van der Waals surface area contributed by atoms with E-state index in [4.69, 9.17) is 0 Å². The number of nitrogens with zero attached hydrogens (tertiary/aromatic N) is 1. The third kappa shape index (κ3) is 5.35. The van der Waals surface area contributed by atoms with Crippen molar-refractivity contribution in [3.8, 4) is 33.4 Å². The molecule has 2 fully saturated rings. The lowest BCUT2D eigenvalue weighted by Crippen LogP contribution is -2.26. The summed E-state index contributed by atoms with van der Waals surface area (Å²) in [5, 5.41) is 2.63. The predicted molar refractivity (Wildman–Crippen MR) is 264 cm³/mol. The first kappa shape index (κ1) is 37.4. The molecule has 1 spiro atoms. The molecule has 5 aliphatic carbocycles. The van der Waals surface area contributed by atoms with Gasteiger partial charge in [-0.1, -0.05) is 192 Å². The van der Waals surface area contributed by atoms with Gasteiger partial charge >= 0.3 is 0 Å². The third-order valence-electron chi connectivity index (χ3n) is 16.5. The van der Waals surface area contributed by atoms with Crippen molar-refractivity contribution in [2.45, 2.75) is 101 Å². The largest absolute Gasteiger partial charge is 0.310 e. The van der Waals surface area contributed by atoms with Gasteiger partial charge in [-0.3, -0.25) is 0 Å². The molecule has 0 atom stereocenters. The highest BCUT2D eigenvalue weighted by Gasteiger charge is 2.52. The molecule has 0 radical (unpaired) electrons. The molecule has 0 heterocycles. The molecule has 13 rings (SSSR count). The van der Waals surface area contributed by atoms with E-state index < -0.39 is 5.41 Å². The van der Waals surface area contributed by atoms with Crippen molar-refractivity contribution in [2.24, 2.45) is 0 Å². The molecule has 8 aromatic rings. The van der Waals surface area contributed by atoms with Crippen LogP contribution in [0.25, 0.3) is 44.2 Å². The van der Waals surface area contributed by atoms with Crippen molar-refractivity contribution in [3.05, 3.63) is 208 Å². The minimum atomic E-state index is -0.413. The summed E-state index contributed by atoms with van der Waals surface area (Å²) in [4.78, 5) is 2.70. The van der Waals surface area contributed by atoms with Gasteiger partial charge in [-0.2, -0.15) is 0 Å². The first-order valence-electron chi connectivity index (χ1n) is 24.1. The minimum absolute atomic E-state index is 0.122. The average Bonchev–Trinajstić information content (AvgIpc) is 3.90. The number of rotatable bonds is 5. The number of fused-ring (bicyclic) bond motifs is 14. The van der Waals surface area contributed by atoms with Crippen LogP contribution in [-0.4, -0.2) is 0 Å². The van der Waals surface area contributed by atoms with Crippen LogP contribution < -0.4 is 4.90 Å². The molecule has 0 aromatic heterocycles. The van der Waals surface area contributed by atoms with E-state index in [1.54, 1.807) is 5.56 Å². The summed E-state index contributed by atoms with van der Waals surface area (Å²) in [5.74, 6) is 1.21. The van der Waals surface area contributed by atoms with Crippen LogP contribution in [0.15, 0.2) is 164 Å². The van der Waals surface area contributed by atoms with Crippen LogP contribution in [-0.2, 0) is 10.8 Å². The molecule has 0 N–H and O–H groups in total. The Labute approximate surface area is 373 Å². The molecular formula is C62H55N. The number of anilines is 3. The highest BCUT2D eigenvalue weighted by molar-refractivity contribution is 6.03. The second-order valence-electron chi connectivity index (χ2n) is 20.0. The third-order valence-corrected chi connectivity index (χ3v) is 16.5. The van der Waals surface area contributed by atoms with Gasteiger partial charge in [0, 0.05) is 22.2 Å². The molecule has 0 bridgehead atoms. The van der Waals surface area contributed by atoms with Crippen molar-refractivity contribution in [3.63, 3.8) is 0 Å². The predicted octanol–water partition coefficient (Wildman–Crippen LogP) is 17.1. The van der Waals surface area contributed by atoms with Gasteiger partial charge in [-0.05, 0) is 145 Å². The Balaban J connectivity index is 1.06. The second-order valence-corrected chi connectivity index (χ2v) is 20.0. The van der Waals surface area contributed by atoms with E-state index in [2.05, 4.69) is 183 Å². The Kier molecular flexibility index (Phi) is 8.41. The first-order valence-corrected chi connectivity index (χ1v) is 24.1. The quantitative estimate of drug-likeness (QED) is 0.167. The fraction of sp³-hybridized carbons (Fsp3) is 0.258. The highest BCUT2D eigenvalue weighted by Crippen LogP contribution is 2.64. The van der Waals surface area contributed by atoms with Crippen LogP contribution in [0.2, 0.25) is 0 Å². The van der Waals surface area contributed by atoms with Gasteiger partial charge in [0.2, 0.25) is 0 Å². The van der Waals surface area contributed by atoms with Gasteiger partial charge in [0.1, 0.15) is 0 Å². The molecule has 0 unspecified atom stereocenters. The second kappa shape index (κ2) is 14.2. The fourth-order valence-electron chi connectivity index (χ4n) is 13.5. The van der Waals surface area contributed by atoms with Crippen LogP contribution in [0.4, 0.5) is 17.1 Å². The summed E-state index contributed by atoms with van der Waals surface area (Å²) < 4.78 is 0. The highest BCUT2D eigenvalue weighted by atomic mass is 15.1. The van der Waals surface area contributed by atoms with E-state index in [0.717, 1.165) is 0 Å². The Morgan fingerprint density at radius 1 is 0.397 bits per heavy atom. The topological polar surface area (TPSA) is 3.24 Å². The smallest absolute Gasteiger partial charge is 0.0726 e. The molecule has 0 saturated heterocycles. The van der Waals surface area contributed by atoms with Crippen LogP contribution >= 0.6 is 0 Å². The van der Waals surface area contributed by atoms with E-state index in [1.165, 1.54) is 164 Å². The molecular weight excluding hydrogens is 759 g/mol. The molecule has 2 saturated carbocycles. The van der Waals surface area contributed by atoms with Crippen LogP contribution in [0.3, 0.4) is 0 Å². The number of hydrogen-bond donors (Lipinski definition) is 0. The van der Waals surface area contributed by atoms with E-state index in [1.807, 2.05) is 0 Å². The van der Waals surface area contributed by atoms with E-state index in [9.17, 15) is 0 Å². The molecule has 8 aromatic carbocycles. The maximum absolute atomic E-state index is 2.70.